The van der Waals surface area contributed by atoms with E-state index in [0.717, 1.165) is 57.1 Å². The largest absolute Gasteiger partial charge is 0.497 e. The van der Waals surface area contributed by atoms with Gasteiger partial charge in [0.2, 0.25) is 0 Å². The van der Waals surface area contributed by atoms with E-state index in [1.807, 2.05) is 29.6 Å². The number of rotatable bonds is 6. The smallest absolute Gasteiger partial charge is 0.165 e. The van der Waals surface area contributed by atoms with Crippen molar-refractivity contribution in [3.63, 3.8) is 0 Å². The van der Waals surface area contributed by atoms with Crippen LogP contribution in [0.5, 0.6) is 5.75 Å². The lowest BCUT2D eigenvalue weighted by Crippen LogP contribution is -2.27. The first-order chi connectivity index (χ1) is 14.6. The van der Waals surface area contributed by atoms with E-state index < -0.39 is 0 Å². The molecule has 0 radical (unpaired) electrons. The van der Waals surface area contributed by atoms with Crippen molar-refractivity contribution in [3.05, 3.63) is 40.2 Å². The molecular weight excluding hydrogens is 400 g/mol. The van der Waals surface area contributed by atoms with E-state index in [1.165, 1.54) is 25.7 Å². The van der Waals surface area contributed by atoms with Gasteiger partial charge in [0.25, 0.3) is 0 Å². The molecule has 1 aliphatic heterocycles. The van der Waals surface area contributed by atoms with E-state index in [4.69, 9.17) is 31.2 Å². The van der Waals surface area contributed by atoms with Gasteiger partial charge in [0.1, 0.15) is 11.6 Å². The molecule has 0 unspecified atom stereocenters. The fourth-order valence-corrected chi connectivity index (χ4v) is 5.00. The fraction of sp³-hybridized carbons (Fsp3) is 0.478. The molecule has 1 N–H and O–H groups in total. The molecule has 3 heterocycles. The number of aryl methyl sites for hydroxylation is 1. The van der Waals surface area contributed by atoms with Crippen LogP contribution in [0.4, 0.5) is 5.82 Å². The van der Waals surface area contributed by atoms with Crippen LogP contribution in [0.15, 0.2) is 18.2 Å². The maximum Gasteiger partial charge on any atom is 0.165 e. The van der Waals surface area contributed by atoms with Crippen molar-refractivity contribution in [1.29, 1.82) is 0 Å². The summed E-state index contributed by atoms with van der Waals surface area (Å²) in [5.41, 5.74) is 5.77. The zero-order valence-electron chi connectivity index (χ0n) is 17.2. The Bertz CT molecular complexity index is 1140. The van der Waals surface area contributed by atoms with Gasteiger partial charge in [-0.2, -0.15) is 9.61 Å². The van der Waals surface area contributed by atoms with Gasteiger partial charge in [-0.05, 0) is 62.6 Å². The Morgan fingerprint density at radius 1 is 1.20 bits per heavy atom. The highest BCUT2D eigenvalue weighted by Crippen LogP contribution is 2.47. The fourth-order valence-electron chi connectivity index (χ4n) is 4.73. The number of fused-ring (bicyclic) bond motifs is 2. The molecule has 1 aromatic carbocycles. The first-order valence-electron chi connectivity index (χ1n) is 10.7. The van der Waals surface area contributed by atoms with Gasteiger partial charge in [0, 0.05) is 17.2 Å². The Morgan fingerprint density at radius 3 is 2.63 bits per heavy atom. The minimum Gasteiger partial charge on any atom is -0.497 e. The Kier molecular flexibility index (Phi) is 4.22. The summed E-state index contributed by atoms with van der Waals surface area (Å²) in [6.07, 6.45) is 5.30. The summed E-state index contributed by atoms with van der Waals surface area (Å²) >= 11 is 6.63. The van der Waals surface area contributed by atoms with E-state index in [-0.39, 0.29) is 0 Å². The van der Waals surface area contributed by atoms with Crippen LogP contribution in [-0.2, 0) is 18.0 Å². The zero-order chi connectivity index (χ0) is 20.4. The van der Waals surface area contributed by atoms with Crippen LogP contribution in [0, 0.1) is 18.8 Å². The van der Waals surface area contributed by atoms with Crippen molar-refractivity contribution in [2.45, 2.75) is 51.9 Å². The Hall–Kier alpha value is -2.31. The summed E-state index contributed by atoms with van der Waals surface area (Å²) in [7, 11) is 1.64. The number of ether oxygens (including phenoxy) is 2. The van der Waals surface area contributed by atoms with Gasteiger partial charge in [0.15, 0.2) is 5.65 Å². The minimum absolute atomic E-state index is 0.526. The third kappa shape index (κ3) is 2.96. The topological polar surface area (TPSA) is 60.7 Å². The van der Waals surface area contributed by atoms with Gasteiger partial charge in [-0.3, -0.25) is 0 Å². The number of methoxy groups -OCH3 is 1. The Morgan fingerprint density at radius 2 is 1.97 bits per heavy atom. The molecule has 2 saturated carbocycles. The average Bonchev–Trinajstić information content (AvgIpc) is 3.67. The van der Waals surface area contributed by atoms with E-state index in [9.17, 15) is 0 Å². The van der Waals surface area contributed by atoms with Gasteiger partial charge in [0.05, 0.1) is 42.3 Å². The van der Waals surface area contributed by atoms with E-state index in [1.54, 1.807) is 7.11 Å². The van der Waals surface area contributed by atoms with E-state index in [0.29, 0.717) is 24.3 Å². The SMILES string of the molecule is COc1ccc(-c2c(C)nn3c(NC(C4CC4)C4CC4)c4c(nc23)COC4)c(Cl)c1. The molecule has 0 amide bonds. The lowest BCUT2D eigenvalue weighted by molar-refractivity contribution is 0.133. The summed E-state index contributed by atoms with van der Waals surface area (Å²) in [5.74, 6) is 3.35. The lowest BCUT2D eigenvalue weighted by atomic mass is 10.1. The number of aromatic nitrogens is 3. The van der Waals surface area contributed by atoms with Gasteiger partial charge < -0.3 is 14.8 Å². The van der Waals surface area contributed by atoms with Crippen molar-refractivity contribution in [3.8, 4) is 16.9 Å². The van der Waals surface area contributed by atoms with Gasteiger partial charge >= 0.3 is 0 Å². The van der Waals surface area contributed by atoms with Crippen LogP contribution in [0.25, 0.3) is 16.8 Å². The summed E-state index contributed by atoms with van der Waals surface area (Å²) in [6, 6.07) is 6.28. The van der Waals surface area contributed by atoms with Crippen LogP contribution >= 0.6 is 11.6 Å². The molecular formula is C23H25ClN4O2. The summed E-state index contributed by atoms with van der Waals surface area (Å²) in [6.45, 7) is 3.15. The highest BCUT2D eigenvalue weighted by atomic mass is 35.5. The molecule has 0 atom stereocenters. The molecule has 0 saturated heterocycles. The first kappa shape index (κ1) is 18.5. The van der Waals surface area contributed by atoms with Crippen LogP contribution < -0.4 is 10.1 Å². The molecule has 7 heteroatoms. The first-order valence-corrected chi connectivity index (χ1v) is 11.1. The number of nitrogens with one attached hydrogen (secondary N) is 1. The molecule has 2 fully saturated rings. The summed E-state index contributed by atoms with van der Waals surface area (Å²) in [4.78, 5) is 4.97. The molecule has 0 spiro atoms. The normalized spacial score (nSPS) is 18.3. The third-order valence-electron chi connectivity index (χ3n) is 6.62. The Labute approximate surface area is 180 Å². The lowest BCUT2D eigenvalue weighted by Gasteiger charge is -2.21. The van der Waals surface area contributed by atoms with Gasteiger partial charge in [-0.25, -0.2) is 4.98 Å². The van der Waals surface area contributed by atoms with Crippen molar-refractivity contribution in [1.82, 2.24) is 14.6 Å². The quantitative estimate of drug-likeness (QED) is 0.603. The molecule has 156 valence electrons. The molecule has 6 rings (SSSR count). The Balaban J connectivity index is 1.52. The van der Waals surface area contributed by atoms with Crippen LogP contribution in [-0.4, -0.2) is 27.7 Å². The van der Waals surface area contributed by atoms with Crippen molar-refractivity contribution >= 4 is 23.1 Å². The van der Waals surface area contributed by atoms with Gasteiger partial charge in [-0.1, -0.05) is 11.6 Å². The molecule has 2 aliphatic carbocycles. The highest BCUT2D eigenvalue weighted by Gasteiger charge is 2.42. The summed E-state index contributed by atoms with van der Waals surface area (Å²) < 4.78 is 13.1. The predicted octanol–water partition coefficient (Wildman–Crippen LogP) is 5.00. The van der Waals surface area contributed by atoms with Crippen molar-refractivity contribution < 1.29 is 9.47 Å². The molecule has 30 heavy (non-hydrogen) atoms. The van der Waals surface area contributed by atoms with Crippen molar-refractivity contribution in [2.24, 2.45) is 11.8 Å². The van der Waals surface area contributed by atoms with Crippen LogP contribution in [0.1, 0.15) is 42.6 Å². The maximum absolute atomic E-state index is 6.63. The number of nitrogens with zero attached hydrogens (tertiary/aromatic N) is 3. The zero-order valence-corrected chi connectivity index (χ0v) is 18.0. The number of halogens is 1. The average molecular weight is 425 g/mol. The molecule has 0 bridgehead atoms. The molecule has 3 aliphatic rings. The molecule has 3 aromatic rings. The highest BCUT2D eigenvalue weighted by molar-refractivity contribution is 6.33. The monoisotopic (exact) mass is 424 g/mol. The number of hydrogen-bond acceptors (Lipinski definition) is 5. The van der Waals surface area contributed by atoms with Crippen LogP contribution in [0.3, 0.4) is 0 Å². The molecule has 6 nitrogen and oxygen atoms in total. The minimum atomic E-state index is 0.526. The number of hydrogen-bond donors (Lipinski definition) is 1. The van der Waals surface area contributed by atoms with Crippen molar-refractivity contribution in [2.75, 3.05) is 12.4 Å². The van der Waals surface area contributed by atoms with E-state index in [2.05, 4.69) is 5.32 Å². The van der Waals surface area contributed by atoms with Gasteiger partial charge in [-0.15, -0.1) is 0 Å². The second kappa shape index (κ2) is 6.86. The third-order valence-corrected chi connectivity index (χ3v) is 6.93. The van der Waals surface area contributed by atoms with Crippen LogP contribution in [0.2, 0.25) is 5.02 Å². The molecule has 2 aromatic heterocycles. The summed E-state index contributed by atoms with van der Waals surface area (Å²) in [5, 5.41) is 9.44. The van der Waals surface area contributed by atoms with E-state index >= 15 is 0 Å². The predicted molar refractivity (Wildman–Crippen MR) is 116 cm³/mol. The second-order valence-corrected chi connectivity index (χ2v) is 9.17. The maximum atomic E-state index is 6.63. The standard InChI is InChI=1S/C23H25ClN4O2/c1-12-20(16-8-7-15(29-2)9-18(16)24)23-25-19-11-30-10-17(19)22(28(23)27-12)26-21(13-3-4-13)14-5-6-14/h7-9,13-14,21,26H,3-6,10-11H2,1-2H3. The second-order valence-electron chi connectivity index (χ2n) is 8.77. The number of anilines is 1. The number of benzene rings is 1.